The molecule has 102 valence electrons. The van der Waals surface area contributed by atoms with Crippen LogP contribution in [0.5, 0.6) is 0 Å². The number of β-amino-alcohol motifs (C(OH)–C–C–N with tert-alkyl or cyclic N) is 1. The Kier molecular flexibility index (Phi) is 3.18. The summed E-state index contributed by atoms with van der Waals surface area (Å²) in [6.45, 7) is 9.70. The van der Waals surface area contributed by atoms with E-state index in [0.29, 0.717) is 6.54 Å². The first-order valence-corrected chi connectivity index (χ1v) is 6.60. The number of ether oxygens (including phenoxy) is 1. The quantitative estimate of drug-likeness (QED) is 0.768. The van der Waals surface area contributed by atoms with Crippen LogP contribution in [0.4, 0.5) is 4.79 Å². The summed E-state index contributed by atoms with van der Waals surface area (Å²) >= 11 is 0. The smallest absolute Gasteiger partial charge is 0.410 e. The van der Waals surface area contributed by atoms with Gasteiger partial charge in [-0.25, -0.2) is 4.79 Å². The first-order chi connectivity index (χ1) is 8.30. The highest BCUT2D eigenvalue weighted by atomic mass is 16.6. The maximum absolute atomic E-state index is 12.2. The molecule has 1 N–H and O–H groups in total. The van der Waals surface area contributed by atoms with Crippen molar-refractivity contribution in [3.05, 3.63) is 12.7 Å². The molecule has 0 aromatic heterocycles. The summed E-state index contributed by atoms with van der Waals surface area (Å²) < 4.78 is 5.42. The Balaban J connectivity index is 2.11. The molecule has 2 aliphatic rings. The molecule has 0 bridgehead atoms. The summed E-state index contributed by atoms with van der Waals surface area (Å²) in [6, 6.07) is 0. The molecule has 2 fully saturated rings. The van der Waals surface area contributed by atoms with Gasteiger partial charge in [-0.05, 0) is 40.0 Å². The summed E-state index contributed by atoms with van der Waals surface area (Å²) in [7, 11) is 0. The van der Waals surface area contributed by atoms with Gasteiger partial charge in [-0.15, -0.1) is 6.58 Å². The van der Waals surface area contributed by atoms with Crippen LogP contribution in [-0.4, -0.2) is 39.9 Å². The van der Waals surface area contributed by atoms with Gasteiger partial charge in [-0.1, -0.05) is 6.08 Å². The number of rotatable bonds is 2. The van der Waals surface area contributed by atoms with E-state index in [1.54, 1.807) is 4.90 Å². The van der Waals surface area contributed by atoms with Crippen LogP contribution in [0.25, 0.3) is 0 Å². The molecular formula is C14H23NO3. The maximum atomic E-state index is 12.2. The van der Waals surface area contributed by atoms with Crippen LogP contribution in [0.3, 0.4) is 0 Å². The zero-order valence-corrected chi connectivity index (χ0v) is 11.5. The van der Waals surface area contributed by atoms with Crippen molar-refractivity contribution in [1.29, 1.82) is 0 Å². The van der Waals surface area contributed by atoms with E-state index in [4.69, 9.17) is 4.74 Å². The predicted octanol–water partition coefficient (Wildman–Crippen LogP) is 2.32. The van der Waals surface area contributed by atoms with E-state index in [2.05, 4.69) is 6.58 Å². The molecule has 1 amide bonds. The van der Waals surface area contributed by atoms with Gasteiger partial charge in [0.2, 0.25) is 0 Å². The summed E-state index contributed by atoms with van der Waals surface area (Å²) in [4.78, 5) is 13.9. The molecule has 2 rings (SSSR count). The fourth-order valence-electron chi connectivity index (χ4n) is 2.95. The van der Waals surface area contributed by atoms with Gasteiger partial charge in [-0.2, -0.15) is 0 Å². The van der Waals surface area contributed by atoms with Crippen LogP contribution in [-0.2, 0) is 4.74 Å². The van der Waals surface area contributed by atoms with Crippen LogP contribution < -0.4 is 0 Å². The van der Waals surface area contributed by atoms with Crippen molar-refractivity contribution in [3.8, 4) is 0 Å². The molecule has 0 aromatic rings. The molecule has 1 saturated heterocycles. The second-order valence-electron chi connectivity index (χ2n) is 6.39. The van der Waals surface area contributed by atoms with Gasteiger partial charge in [0.05, 0.1) is 18.2 Å². The van der Waals surface area contributed by atoms with Gasteiger partial charge in [0.25, 0.3) is 0 Å². The first kappa shape index (κ1) is 13.4. The van der Waals surface area contributed by atoms with E-state index in [-0.39, 0.29) is 17.6 Å². The molecular weight excluding hydrogens is 230 g/mol. The molecule has 1 spiro atoms. The Morgan fingerprint density at radius 2 is 2.17 bits per heavy atom. The van der Waals surface area contributed by atoms with Gasteiger partial charge in [0.1, 0.15) is 5.60 Å². The average Bonchev–Trinajstić information content (AvgIpc) is 2.95. The van der Waals surface area contributed by atoms with Crippen LogP contribution in [0, 0.1) is 5.92 Å². The number of hydrogen-bond donors (Lipinski definition) is 1. The number of carbonyl (C=O) groups is 1. The fraction of sp³-hybridized carbons (Fsp3) is 0.786. The second-order valence-corrected chi connectivity index (χ2v) is 6.39. The Morgan fingerprint density at radius 1 is 1.56 bits per heavy atom. The standard InChI is InChI=1S/C14H23NO3/c1-5-6-10-11(16)9-15(14(10)7-8-14)12(17)18-13(2,3)4/h5,10-11,16H,1,6-9H2,2-4H3. The minimum absolute atomic E-state index is 0.113. The van der Waals surface area contributed by atoms with Crippen LogP contribution in [0.15, 0.2) is 12.7 Å². The Hall–Kier alpha value is -1.03. The van der Waals surface area contributed by atoms with E-state index in [0.717, 1.165) is 19.3 Å². The minimum Gasteiger partial charge on any atom is -0.444 e. The van der Waals surface area contributed by atoms with Crippen molar-refractivity contribution < 1.29 is 14.6 Å². The Labute approximate surface area is 109 Å². The number of aliphatic hydroxyl groups is 1. The first-order valence-electron chi connectivity index (χ1n) is 6.60. The number of hydrogen-bond acceptors (Lipinski definition) is 3. The predicted molar refractivity (Wildman–Crippen MR) is 69.2 cm³/mol. The lowest BCUT2D eigenvalue weighted by molar-refractivity contribution is 0.0175. The van der Waals surface area contributed by atoms with Crippen LogP contribution in [0.1, 0.15) is 40.0 Å². The summed E-state index contributed by atoms with van der Waals surface area (Å²) in [5, 5.41) is 10.1. The van der Waals surface area contributed by atoms with Crippen LogP contribution in [0.2, 0.25) is 0 Å². The van der Waals surface area contributed by atoms with Crippen molar-refractivity contribution in [2.75, 3.05) is 6.54 Å². The largest absolute Gasteiger partial charge is 0.444 e. The molecule has 1 saturated carbocycles. The van der Waals surface area contributed by atoms with Gasteiger partial charge >= 0.3 is 6.09 Å². The lowest BCUT2D eigenvalue weighted by Crippen LogP contribution is -2.43. The molecule has 1 aliphatic heterocycles. The van der Waals surface area contributed by atoms with Crippen molar-refractivity contribution in [1.82, 2.24) is 4.90 Å². The number of allylic oxidation sites excluding steroid dienone is 1. The van der Waals surface area contributed by atoms with Crippen molar-refractivity contribution in [3.63, 3.8) is 0 Å². The highest BCUT2D eigenvalue weighted by Gasteiger charge is 2.62. The van der Waals surface area contributed by atoms with Gasteiger partial charge in [-0.3, -0.25) is 4.90 Å². The molecule has 1 aliphatic carbocycles. The molecule has 2 atom stereocenters. The average molecular weight is 253 g/mol. The van der Waals surface area contributed by atoms with E-state index in [1.165, 1.54) is 0 Å². The molecule has 4 heteroatoms. The topological polar surface area (TPSA) is 49.8 Å². The van der Waals surface area contributed by atoms with E-state index >= 15 is 0 Å². The second kappa shape index (κ2) is 4.26. The zero-order chi connectivity index (χ0) is 13.6. The third-order valence-corrected chi connectivity index (χ3v) is 3.86. The third-order valence-electron chi connectivity index (χ3n) is 3.86. The number of aliphatic hydroxyl groups excluding tert-OH is 1. The summed E-state index contributed by atoms with van der Waals surface area (Å²) in [6.07, 6.45) is 3.74. The fourth-order valence-corrected chi connectivity index (χ4v) is 2.95. The molecule has 1 heterocycles. The van der Waals surface area contributed by atoms with Gasteiger partial charge in [0.15, 0.2) is 0 Å². The normalized spacial score (nSPS) is 29.4. The summed E-state index contributed by atoms with van der Waals surface area (Å²) in [5.41, 5.74) is -0.662. The summed E-state index contributed by atoms with van der Waals surface area (Å²) in [5.74, 6) is 0.113. The highest BCUT2D eigenvalue weighted by Crippen LogP contribution is 2.54. The highest BCUT2D eigenvalue weighted by molar-refractivity contribution is 5.70. The van der Waals surface area contributed by atoms with Crippen molar-refractivity contribution >= 4 is 6.09 Å². The SMILES string of the molecule is C=CCC1C(O)CN(C(=O)OC(C)(C)C)C12CC2. The number of amides is 1. The van der Waals surface area contributed by atoms with Gasteiger partial charge in [0, 0.05) is 5.92 Å². The Morgan fingerprint density at radius 3 is 2.61 bits per heavy atom. The Bertz CT molecular complexity index is 355. The van der Waals surface area contributed by atoms with Gasteiger partial charge < -0.3 is 9.84 Å². The molecule has 0 radical (unpaired) electrons. The van der Waals surface area contributed by atoms with Crippen molar-refractivity contribution in [2.24, 2.45) is 5.92 Å². The van der Waals surface area contributed by atoms with Crippen molar-refractivity contribution in [2.45, 2.75) is 57.3 Å². The lowest BCUT2D eigenvalue weighted by atomic mass is 9.92. The molecule has 0 aromatic carbocycles. The third kappa shape index (κ3) is 2.26. The molecule has 2 unspecified atom stereocenters. The van der Waals surface area contributed by atoms with E-state index in [9.17, 15) is 9.90 Å². The molecule has 4 nitrogen and oxygen atoms in total. The minimum atomic E-state index is -0.491. The number of likely N-dealkylation sites (tertiary alicyclic amines) is 1. The van der Waals surface area contributed by atoms with Crippen LogP contribution >= 0.6 is 0 Å². The number of nitrogens with zero attached hydrogens (tertiary/aromatic N) is 1. The lowest BCUT2D eigenvalue weighted by Gasteiger charge is -2.30. The molecule has 18 heavy (non-hydrogen) atoms. The monoisotopic (exact) mass is 253 g/mol. The van der Waals surface area contributed by atoms with E-state index < -0.39 is 11.7 Å². The maximum Gasteiger partial charge on any atom is 0.410 e. The zero-order valence-electron chi connectivity index (χ0n) is 11.5. The van der Waals surface area contributed by atoms with E-state index in [1.807, 2.05) is 26.8 Å². The number of carbonyl (C=O) groups excluding carboxylic acids is 1.